The van der Waals surface area contributed by atoms with Gasteiger partial charge >= 0.3 is 0 Å². The highest BCUT2D eigenvalue weighted by Gasteiger charge is 2.35. The van der Waals surface area contributed by atoms with Crippen LogP contribution in [-0.4, -0.2) is 51.4 Å². The smallest absolute Gasteiger partial charge is 0.276 e. The molecule has 1 saturated heterocycles. The fraction of sp³-hybridized carbons (Fsp3) is 0.278. The number of hydrogen-bond donors (Lipinski definition) is 1. The van der Waals surface area contributed by atoms with Gasteiger partial charge in [0, 0.05) is 11.6 Å². The van der Waals surface area contributed by atoms with Gasteiger partial charge < -0.3 is 18.9 Å². The van der Waals surface area contributed by atoms with Gasteiger partial charge in [-0.2, -0.15) is 0 Å². The van der Waals surface area contributed by atoms with Crippen molar-refractivity contribution in [3.05, 3.63) is 59.7 Å². The number of carbonyl (C=O) groups excluding carboxylic acids is 1. The molecule has 9 heteroatoms. The molecular formula is C18H15F2N3O4. The molecule has 0 spiro atoms. The summed E-state index contributed by atoms with van der Waals surface area (Å²) in [4.78, 5) is 17.6. The summed E-state index contributed by atoms with van der Waals surface area (Å²) >= 11 is 0. The van der Waals surface area contributed by atoms with E-state index < -0.39 is 18.2 Å². The lowest BCUT2D eigenvalue weighted by molar-refractivity contribution is 0.0758. The van der Waals surface area contributed by atoms with Crippen molar-refractivity contribution in [3.8, 4) is 11.3 Å². The number of nitrogens with zero attached hydrogens (tertiary/aromatic N) is 3. The van der Waals surface area contributed by atoms with Gasteiger partial charge in [-0.05, 0) is 24.3 Å². The van der Waals surface area contributed by atoms with Gasteiger partial charge in [0.1, 0.15) is 24.4 Å². The highest BCUT2D eigenvalue weighted by molar-refractivity contribution is 5.92. The highest BCUT2D eigenvalue weighted by Crippen LogP contribution is 2.22. The van der Waals surface area contributed by atoms with Crippen LogP contribution in [0.25, 0.3) is 11.3 Å². The number of aromatic nitrogens is 2. The molecular weight excluding hydrogens is 360 g/mol. The van der Waals surface area contributed by atoms with Crippen LogP contribution in [0, 0.1) is 5.82 Å². The number of aliphatic hydroxyl groups excluding tert-OH is 1. The topological polar surface area (TPSA) is 92.6 Å². The quantitative estimate of drug-likeness (QED) is 0.752. The van der Waals surface area contributed by atoms with Gasteiger partial charge in [-0.3, -0.25) is 4.79 Å². The number of likely N-dealkylation sites (tertiary alicyclic amines) is 1. The van der Waals surface area contributed by atoms with Crippen LogP contribution < -0.4 is 0 Å². The monoisotopic (exact) mass is 375 g/mol. The second kappa shape index (κ2) is 6.92. The molecule has 0 bridgehead atoms. The number of aliphatic hydroxyl groups is 1. The van der Waals surface area contributed by atoms with E-state index in [1.165, 1.54) is 23.3 Å². The summed E-state index contributed by atoms with van der Waals surface area (Å²) in [6.07, 6.45) is -1.26. The van der Waals surface area contributed by atoms with Crippen LogP contribution in [0.2, 0.25) is 0 Å². The van der Waals surface area contributed by atoms with Gasteiger partial charge in [0.25, 0.3) is 5.91 Å². The summed E-state index contributed by atoms with van der Waals surface area (Å²) in [6, 6.07) is 7.46. The summed E-state index contributed by atoms with van der Waals surface area (Å²) in [7, 11) is 0. The first kappa shape index (κ1) is 17.3. The first-order chi connectivity index (χ1) is 13.0. The lowest BCUT2D eigenvalue weighted by atomic mass is 10.1. The molecule has 3 heterocycles. The molecule has 1 N–H and O–H groups in total. The summed E-state index contributed by atoms with van der Waals surface area (Å²) in [5, 5.41) is 13.3. The number of rotatable bonds is 4. The van der Waals surface area contributed by atoms with E-state index in [4.69, 9.17) is 8.94 Å². The number of oxazole rings is 1. The minimum absolute atomic E-state index is 0.0357. The third kappa shape index (κ3) is 3.59. The van der Waals surface area contributed by atoms with Gasteiger partial charge in [0.05, 0.1) is 25.2 Å². The van der Waals surface area contributed by atoms with E-state index in [0.717, 1.165) is 0 Å². The van der Waals surface area contributed by atoms with Crippen LogP contribution in [0.1, 0.15) is 22.1 Å². The number of carbonyl (C=O) groups is 1. The summed E-state index contributed by atoms with van der Waals surface area (Å²) < 4.78 is 36.9. The van der Waals surface area contributed by atoms with Crippen LogP contribution in [0.3, 0.4) is 0 Å². The molecule has 27 heavy (non-hydrogen) atoms. The molecule has 0 saturated carbocycles. The molecule has 1 aromatic carbocycles. The Morgan fingerprint density at radius 3 is 2.78 bits per heavy atom. The molecule has 0 radical (unpaired) electrons. The van der Waals surface area contributed by atoms with E-state index in [9.17, 15) is 18.7 Å². The molecule has 4 rings (SSSR count). The van der Waals surface area contributed by atoms with Crippen LogP contribution in [-0.2, 0) is 6.42 Å². The number of amides is 1. The largest absolute Gasteiger partial charge is 0.448 e. The maximum Gasteiger partial charge on any atom is 0.276 e. The van der Waals surface area contributed by atoms with E-state index in [1.807, 2.05) is 0 Å². The molecule has 7 nitrogen and oxygen atoms in total. The third-order valence-electron chi connectivity index (χ3n) is 4.30. The number of alkyl halides is 1. The molecule has 1 fully saturated rings. The van der Waals surface area contributed by atoms with Crippen molar-refractivity contribution in [2.45, 2.75) is 18.7 Å². The number of halogens is 2. The van der Waals surface area contributed by atoms with E-state index >= 15 is 0 Å². The molecule has 140 valence electrons. The highest BCUT2D eigenvalue weighted by atomic mass is 19.1. The summed E-state index contributed by atoms with van der Waals surface area (Å²) in [5.74, 6) is -0.141. The Hall–Kier alpha value is -3.07. The Morgan fingerprint density at radius 1 is 1.30 bits per heavy atom. The number of hydrogen-bond acceptors (Lipinski definition) is 6. The maximum atomic E-state index is 13.4. The van der Waals surface area contributed by atoms with E-state index in [-0.39, 0.29) is 36.9 Å². The van der Waals surface area contributed by atoms with Crippen LogP contribution in [0.15, 0.2) is 45.5 Å². The zero-order valence-electron chi connectivity index (χ0n) is 14.0. The van der Waals surface area contributed by atoms with Crippen molar-refractivity contribution >= 4 is 5.91 Å². The van der Waals surface area contributed by atoms with Crippen molar-refractivity contribution in [1.29, 1.82) is 0 Å². The van der Waals surface area contributed by atoms with Gasteiger partial charge in [0.2, 0.25) is 5.89 Å². The zero-order chi connectivity index (χ0) is 19.0. The Labute approximate surface area is 152 Å². The van der Waals surface area contributed by atoms with Gasteiger partial charge in [-0.15, -0.1) is 0 Å². The fourth-order valence-electron chi connectivity index (χ4n) is 2.87. The normalized spacial score (nSPS) is 19.6. The van der Waals surface area contributed by atoms with Crippen LogP contribution >= 0.6 is 0 Å². The number of β-amino-alcohol motifs (C(OH)–C–C–N with tert-alkyl or cyclic N) is 1. The molecule has 2 atom stereocenters. The Balaban J connectivity index is 1.44. The lowest BCUT2D eigenvalue weighted by Gasteiger charge is -2.12. The van der Waals surface area contributed by atoms with Gasteiger partial charge in [-0.1, -0.05) is 5.16 Å². The molecule has 0 aliphatic carbocycles. The SMILES string of the molecule is O=C(c1coc(Cc2cc(-c3ccc(F)cc3)on2)n1)N1C[C@@H](O)[C@H](F)C1. The predicted octanol–water partition coefficient (Wildman–Crippen LogP) is 2.21. The minimum Gasteiger partial charge on any atom is -0.448 e. The van der Waals surface area contributed by atoms with Crippen molar-refractivity contribution in [2.75, 3.05) is 13.1 Å². The van der Waals surface area contributed by atoms with Crippen molar-refractivity contribution in [1.82, 2.24) is 15.0 Å². The Morgan fingerprint density at radius 2 is 2.07 bits per heavy atom. The number of benzene rings is 1. The van der Waals surface area contributed by atoms with Crippen molar-refractivity contribution in [3.63, 3.8) is 0 Å². The van der Waals surface area contributed by atoms with Gasteiger partial charge in [-0.25, -0.2) is 13.8 Å². The van der Waals surface area contributed by atoms with E-state index in [2.05, 4.69) is 10.1 Å². The third-order valence-corrected chi connectivity index (χ3v) is 4.30. The fourth-order valence-corrected chi connectivity index (χ4v) is 2.87. The Kier molecular flexibility index (Phi) is 4.44. The van der Waals surface area contributed by atoms with Crippen LogP contribution in [0.5, 0.6) is 0 Å². The minimum atomic E-state index is -1.46. The average Bonchev–Trinajstić information content (AvgIpc) is 3.37. The van der Waals surface area contributed by atoms with Crippen LogP contribution in [0.4, 0.5) is 8.78 Å². The Bertz CT molecular complexity index is 944. The second-order valence-electron chi connectivity index (χ2n) is 6.29. The summed E-state index contributed by atoms with van der Waals surface area (Å²) in [5.41, 5.74) is 1.23. The van der Waals surface area contributed by atoms with Crippen molar-refractivity contribution in [2.24, 2.45) is 0 Å². The molecule has 0 unspecified atom stereocenters. The predicted molar refractivity (Wildman–Crippen MR) is 88.0 cm³/mol. The average molecular weight is 375 g/mol. The molecule has 1 aliphatic rings. The second-order valence-corrected chi connectivity index (χ2v) is 6.29. The summed E-state index contributed by atoms with van der Waals surface area (Å²) in [6.45, 7) is -0.251. The first-order valence-electron chi connectivity index (χ1n) is 8.27. The lowest BCUT2D eigenvalue weighted by Crippen LogP contribution is -2.29. The van der Waals surface area contributed by atoms with Gasteiger partial charge in [0.15, 0.2) is 11.5 Å². The molecule has 3 aromatic rings. The first-order valence-corrected chi connectivity index (χ1v) is 8.27. The molecule has 2 aromatic heterocycles. The molecule has 1 amide bonds. The zero-order valence-corrected chi connectivity index (χ0v) is 14.0. The van der Waals surface area contributed by atoms with Crippen molar-refractivity contribution < 1.29 is 27.6 Å². The standard InChI is InChI=1S/C18H15F2N3O4/c19-11-3-1-10(2-4-11)16-5-12(22-27-16)6-17-21-14(9-26-17)18(25)23-7-13(20)15(24)8-23/h1-5,9,13,15,24H,6-8H2/t13-,15-/m1/s1. The van der Waals surface area contributed by atoms with E-state index in [0.29, 0.717) is 17.0 Å². The molecule has 1 aliphatic heterocycles. The maximum absolute atomic E-state index is 13.4. The van der Waals surface area contributed by atoms with E-state index in [1.54, 1.807) is 18.2 Å².